The molecule has 0 aliphatic carbocycles. The van der Waals surface area contributed by atoms with E-state index in [-0.39, 0.29) is 11.6 Å². The zero-order valence-corrected chi connectivity index (χ0v) is 12.3. The van der Waals surface area contributed by atoms with Gasteiger partial charge in [-0.05, 0) is 24.5 Å². The van der Waals surface area contributed by atoms with Crippen LogP contribution in [0.3, 0.4) is 0 Å². The summed E-state index contributed by atoms with van der Waals surface area (Å²) in [6.07, 6.45) is -0.749. The van der Waals surface area contributed by atoms with Crippen LogP contribution in [0.1, 0.15) is 30.8 Å². The minimum Gasteiger partial charge on any atom is -0.467 e. The predicted molar refractivity (Wildman–Crippen MR) is 73.2 cm³/mol. The second-order valence-electron chi connectivity index (χ2n) is 5.12. The fraction of sp³-hybridized carbons (Fsp3) is 0.571. The average Bonchev–Trinajstić information content (AvgIpc) is 2.83. The minimum atomic E-state index is -2.56. The van der Waals surface area contributed by atoms with E-state index in [9.17, 15) is 18.4 Å². The van der Waals surface area contributed by atoms with Crippen molar-refractivity contribution < 1.29 is 23.1 Å². The van der Waals surface area contributed by atoms with Gasteiger partial charge in [0.25, 0.3) is 12.3 Å². The molecule has 1 unspecified atom stereocenters. The molecule has 0 aliphatic heterocycles. The summed E-state index contributed by atoms with van der Waals surface area (Å²) in [6, 6.07) is 2.14. The number of carbonyl (C=O) groups is 2. The standard InChI is InChI=1S/C14H20F2N2O3/c1-9(2)7-10(14(20)21-3)17-13(19)11-5-4-6-18(11)8-12(15)16/h4-6,9-10,12H,7-8H2,1-3H3,(H,17,19). The summed E-state index contributed by atoms with van der Waals surface area (Å²) in [5, 5.41) is 2.54. The van der Waals surface area contributed by atoms with Gasteiger partial charge in [-0.15, -0.1) is 0 Å². The molecule has 118 valence electrons. The quantitative estimate of drug-likeness (QED) is 0.784. The number of amides is 1. The molecule has 0 spiro atoms. The molecule has 0 fully saturated rings. The van der Waals surface area contributed by atoms with Crippen LogP contribution in [0.2, 0.25) is 0 Å². The van der Waals surface area contributed by atoms with Crippen molar-refractivity contribution >= 4 is 11.9 Å². The Morgan fingerprint density at radius 3 is 2.57 bits per heavy atom. The molecule has 7 heteroatoms. The van der Waals surface area contributed by atoms with Gasteiger partial charge in [0.1, 0.15) is 11.7 Å². The van der Waals surface area contributed by atoms with E-state index in [0.29, 0.717) is 6.42 Å². The van der Waals surface area contributed by atoms with Crippen LogP contribution in [0.15, 0.2) is 18.3 Å². The van der Waals surface area contributed by atoms with Gasteiger partial charge in [0.2, 0.25) is 0 Å². The summed E-state index contributed by atoms with van der Waals surface area (Å²) >= 11 is 0. The van der Waals surface area contributed by atoms with Crippen LogP contribution in [0.25, 0.3) is 0 Å². The van der Waals surface area contributed by atoms with E-state index in [1.54, 1.807) is 0 Å². The highest BCUT2D eigenvalue weighted by Gasteiger charge is 2.24. The molecule has 0 aromatic carbocycles. The van der Waals surface area contributed by atoms with Crippen molar-refractivity contribution in [2.24, 2.45) is 5.92 Å². The van der Waals surface area contributed by atoms with Crippen molar-refractivity contribution in [3.63, 3.8) is 0 Å². The Hall–Kier alpha value is -1.92. The zero-order chi connectivity index (χ0) is 16.0. The number of carbonyl (C=O) groups excluding carboxylic acids is 2. The van der Waals surface area contributed by atoms with Crippen LogP contribution in [0, 0.1) is 5.92 Å². The fourth-order valence-corrected chi connectivity index (χ4v) is 1.99. The van der Waals surface area contributed by atoms with Gasteiger partial charge >= 0.3 is 5.97 Å². The molecule has 0 saturated heterocycles. The second-order valence-corrected chi connectivity index (χ2v) is 5.12. The first-order chi connectivity index (χ1) is 9.85. The van der Waals surface area contributed by atoms with Gasteiger partial charge in [0.15, 0.2) is 0 Å². The van der Waals surface area contributed by atoms with E-state index < -0.39 is 30.9 Å². The minimum absolute atomic E-state index is 0.0907. The number of esters is 1. The van der Waals surface area contributed by atoms with E-state index in [1.807, 2.05) is 13.8 Å². The van der Waals surface area contributed by atoms with Gasteiger partial charge in [0.05, 0.1) is 13.7 Å². The summed E-state index contributed by atoms with van der Waals surface area (Å²) in [4.78, 5) is 23.8. The Labute approximate surface area is 122 Å². The van der Waals surface area contributed by atoms with Crippen LogP contribution in [0.4, 0.5) is 8.78 Å². The normalized spacial score (nSPS) is 12.5. The van der Waals surface area contributed by atoms with Gasteiger partial charge in [-0.1, -0.05) is 13.8 Å². The van der Waals surface area contributed by atoms with Crippen LogP contribution >= 0.6 is 0 Å². The molecule has 1 aromatic heterocycles. The van der Waals surface area contributed by atoms with Gasteiger partial charge in [-0.3, -0.25) is 4.79 Å². The number of rotatable bonds is 7. The first-order valence-electron chi connectivity index (χ1n) is 6.67. The molecule has 0 saturated carbocycles. The number of nitrogens with one attached hydrogen (secondary N) is 1. The van der Waals surface area contributed by atoms with Crippen molar-refractivity contribution in [3.8, 4) is 0 Å². The number of methoxy groups -OCH3 is 1. The first kappa shape index (κ1) is 17.1. The van der Waals surface area contributed by atoms with Gasteiger partial charge in [0, 0.05) is 6.20 Å². The lowest BCUT2D eigenvalue weighted by Gasteiger charge is -2.18. The fourth-order valence-electron chi connectivity index (χ4n) is 1.99. The summed E-state index contributed by atoms with van der Waals surface area (Å²) in [5.74, 6) is -0.956. The van der Waals surface area contributed by atoms with Crippen LogP contribution in [0.5, 0.6) is 0 Å². The molecule has 1 aromatic rings. The predicted octanol–water partition coefficient (Wildman–Crippen LogP) is 2.07. The third-order valence-electron chi connectivity index (χ3n) is 2.90. The van der Waals surface area contributed by atoms with E-state index in [0.717, 1.165) is 4.57 Å². The Bertz CT molecular complexity index is 486. The number of alkyl halides is 2. The highest BCUT2D eigenvalue weighted by molar-refractivity contribution is 5.95. The number of hydrogen-bond acceptors (Lipinski definition) is 3. The number of hydrogen-bond donors (Lipinski definition) is 1. The SMILES string of the molecule is COC(=O)C(CC(C)C)NC(=O)c1cccn1CC(F)F. The maximum absolute atomic E-state index is 12.4. The highest BCUT2D eigenvalue weighted by atomic mass is 19.3. The Kier molecular flexibility index (Phi) is 6.33. The Balaban J connectivity index is 2.82. The van der Waals surface area contributed by atoms with Crippen LogP contribution in [-0.2, 0) is 16.1 Å². The molecule has 1 amide bonds. The summed E-state index contributed by atoms with van der Waals surface area (Å²) in [7, 11) is 1.24. The van der Waals surface area contributed by atoms with Gasteiger partial charge in [-0.25, -0.2) is 13.6 Å². The maximum Gasteiger partial charge on any atom is 0.328 e. The van der Waals surface area contributed by atoms with Crippen LogP contribution < -0.4 is 5.32 Å². The average molecular weight is 302 g/mol. The Morgan fingerprint density at radius 2 is 2.05 bits per heavy atom. The lowest BCUT2D eigenvalue weighted by Crippen LogP contribution is -2.43. The van der Waals surface area contributed by atoms with Gasteiger partial charge < -0.3 is 14.6 Å². The van der Waals surface area contributed by atoms with E-state index in [4.69, 9.17) is 0 Å². The van der Waals surface area contributed by atoms with Crippen molar-refractivity contribution in [2.45, 2.75) is 39.3 Å². The molecular weight excluding hydrogens is 282 g/mol. The summed E-state index contributed by atoms with van der Waals surface area (Å²) < 4.78 is 30.7. The third kappa shape index (κ3) is 5.17. The molecular formula is C14H20F2N2O3. The molecule has 1 heterocycles. The maximum atomic E-state index is 12.4. The van der Waals surface area contributed by atoms with Crippen molar-refractivity contribution in [1.29, 1.82) is 0 Å². The number of halogens is 2. The molecule has 0 bridgehead atoms. The lowest BCUT2D eigenvalue weighted by molar-refractivity contribution is -0.143. The van der Waals surface area contributed by atoms with E-state index in [1.165, 1.54) is 25.4 Å². The first-order valence-corrected chi connectivity index (χ1v) is 6.67. The molecule has 1 rings (SSSR count). The molecule has 0 aliphatic rings. The smallest absolute Gasteiger partial charge is 0.328 e. The third-order valence-corrected chi connectivity index (χ3v) is 2.90. The molecule has 21 heavy (non-hydrogen) atoms. The van der Waals surface area contributed by atoms with Crippen LogP contribution in [-0.4, -0.2) is 36.0 Å². The molecule has 1 atom stereocenters. The van der Waals surface area contributed by atoms with Crippen molar-refractivity contribution in [3.05, 3.63) is 24.0 Å². The van der Waals surface area contributed by atoms with E-state index >= 15 is 0 Å². The zero-order valence-electron chi connectivity index (χ0n) is 12.3. The molecule has 5 nitrogen and oxygen atoms in total. The molecule has 0 radical (unpaired) electrons. The Morgan fingerprint density at radius 1 is 1.38 bits per heavy atom. The highest BCUT2D eigenvalue weighted by Crippen LogP contribution is 2.10. The number of nitrogens with zero attached hydrogens (tertiary/aromatic N) is 1. The number of aromatic nitrogens is 1. The topological polar surface area (TPSA) is 60.3 Å². The summed E-state index contributed by atoms with van der Waals surface area (Å²) in [6.45, 7) is 3.24. The largest absolute Gasteiger partial charge is 0.467 e. The van der Waals surface area contributed by atoms with Crippen molar-refractivity contribution in [2.75, 3.05) is 7.11 Å². The van der Waals surface area contributed by atoms with Gasteiger partial charge in [-0.2, -0.15) is 0 Å². The molecule has 1 N–H and O–H groups in total. The summed E-state index contributed by atoms with van der Waals surface area (Å²) in [5.41, 5.74) is 0.0907. The monoisotopic (exact) mass is 302 g/mol. The van der Waals surface area contributed by atoms with Crippen molar-refractivity contribution in [1.82, 2.24) is 9.88 Å². The van der Waals surface area contributed by atoms with E-state index in [2.05, 4.69) is 10.1 Å². The second kappa shape index (κ2) is 7.75. The lowest BCUT2D eigenvalue weighted by atomic mass is 10.0. The number of ether oxygens (including phenoxy) is 1.